The number of azide groups is 1. The second kappa shape index (κ2) is 9.18. The van der Waals surface area contributed by atoms with E-state index in [2.05, 4.69) is 14.9 Å². The van der Waals surface area contributed by atoms with Crippen molar-refractivity contribution in [3.63, 3.8) is 0 Å². The quantitative estimate of drug-likeness (QED) is 0.123. The molecule has 1 aliphatic rings. The Hall–Kier alpha value is -4.38. The maximum Gasteiger partial charge on any atom is 0.537 e. The number of rotatable bonds is 6. The normalized spacial score (nSPS) is 14.1. The molecule has 1 aromatic carbocycles. The summed E-state index contributed by atoms with van der Waals surface area (Å²) in [6, 6.07) is 4.49. The summed E-state index contributed by atoms with van der Waals surface area (Å²) in [4.78, 5) is 66.3. The summed E-state index contributed by atoms with van der Waals surface area (Å²) in [5.74, 6) is -2.29. The standard InChI is InChI=1S/C19H16N4O9/c1-9-12-4-3-11(21-22-20)7-14(12)31-18(27)13(9)8-17(26)29-10(2)30-19(28)32-23-15(24)5-6-16(23)25/h3-4,7,10H,5-6,8H2,1-2H3. The van der Waals surface area contributed by atoms with Gasteiger partial charge >= 0.3 is 17.8 Å². The number of ether oxygens (including phenoxy) is 2. The Labute approximate surface area is 179 Å². The van der Waals surface area contributed by atoms with Gasteiger partial charge in [0, 0.05) is 35.8 Å². The molecule has 3 rings (SSSR count). The third-order valence-electron chi connectivity index (χ3n) is 4.48. The third kappa shape index (κ3) is 4.84. The van der Waals surface area contributed by atoms with E-state index in [-0.39, 0.29) is 34.7 Å². The molecule has 0 aliphatic carbocycles. The Morgan fingerprint density at radius 3 is 2.56 bits per heavy atom. The van der Waals surface area contributed by atoms with Gasteiger partial charge in [0.2, 0.25) is 6.29 Å². The minimum absolute atomic E-state index is 0.0297. The van der Waals surface area contributed by atoms with Crippen molar-refractivity contribution in [1.82, 2.24) is 5.06 Å². The van der Waals surface area contributed by atoms with Gasteiger partial charge < -0.3 is 13.9 Å². The van der Waals surface area contributed by atoms with E-state index in [4.69, 9.17) is 19.4 Å². The molecule has 1 fully saturated rings. The van der Waals surface area contributed by atoms with E-state index < -0.39 is 42.3 Å². The summed E-state index contributed by atoms with van der Waals surface area (Å²) in [5, 5.41) is 4.25. The van der Waals surface area contributed by atoms with Crippen LogP contribution in [0.1, 0.15) is 30.9 Å². The van der Waals surface area contributed by atoms with Crippen LogP contribution in [0.15, 0.2) is 32.5 Å². The third-order valence-corrected chi connectivity index (χ3v) is 4.48. The van der Waals surface area contributed by atoms with Crippen molar-refractivity contribution in [2.24, 2.45) is 5.11 Å². The number of carbonyl (C=O) groups is 4. The van der Waals surface area contributed by atoms with Gasteiger partial charge in [-0.25, -0.2) is 9.59 Å². The van der Waals surface area contributed by atoms with Crippen LogP contribution in [0, 0.1) is 6.92 Å². The van der Waals surface area contributed by atoms with Crippen LogP contribution in [0.3, 0.4) is 0 Å². The van der Waals surface area contributed by atoms with Crippen LogP contribution in [0.5, 0.6) is 0 Å². The summed E-state index contributed by atoms with van der Waals surface area (Å²) >= 11 is 0. The Morgan fingerprint density at radius 2 is 1.91 bits per heavy atom. The second-order valence-corrected chi connectivity index (χ2v) is 6.64. The van der Waals surface area contributed by atoms with Gasteiger partial charge in [-0.1, -0.05) is 22.3 Å². The molecule has 13 heteroatoms. The number of fused-ring (bicyclic) bond motifs is 1. The first-order valence-corrected chi connectivity index (χ1v) is 9.25. The molecule has 2 aromatic rings. The lowest BCUT2D eigenvalue weighted by Crippen LogP contribution is -2.34. The number of carbonyl (C=O) groups excluding carboxylic acids is 4. The second-order valence-electron chi connectivity index (χ2n) is 6.64. The molecule has 0 N–H and O–H groups in total. The van der Waals surface area contributed by atoms with Gasteiger partial charge in [-0.15, -0.1) is 0 Å². The maximum absolute atomic E-state index is 12.3. The molecule has 2 heterocycles. The summed E-state index contributed by atoms with van der Waals surface area (Å²) in [5.41, 5.74) is 8.64. The number of hydrogen-bond donors (Lipinski definition) is 0. The first kappa shape index (κ1) is 22.3. The van der Waals surface area contributed by atoms with Gasteiger partial charge in [0.05, 0.1) is 12.0 Å². The van der Waals surface area contributed by atoms with E-state index >= 15 is 0 Å². The largest absolute Gasteiger partial charge is 0.537 e. The smallest absolute Gasteiger partial charge is 0.425 e. The highest BCUT2D eigenvalue weighted by molar-refractivity contribution is 6.01. The zero-order valence-electron chi connectivity index (χ0n) is 16.9. The summed E-state index contributed by atoms with van der Waals surface area (Å²) in [6.07, 6.45) is -3.49. The lowest BCUT2D eigenvalue weighted by molar-refractivity contribution is -0.191. The first-order chi connectivity index (χ1) is 15.2. The predicted octanol–water partition coefficient (Wildman–Crippen LogP) is 2.69. The average molecular weight is 444 g/mol. The van der Waals surface area contributed by atoms with Crippen molar-refractivity contribution >= 4 is 40.6 Å². The van der Waals surface area contributed by atoms with E-state index in [1.165, 1.54) is 19.1 Å². The zero-order chi connectivity index (χ0) is 23.4. The molecule has 0 bridgehead atoms. The molecule has 1 saturated heterocycles. The fourth-order valence-electron chi connectivity index (χ4n) is 2.99. The van der Waals surface area contributed by atoms with Crippen LogP contribution >= 0.6 is 0 Å². The molecule has 13 nitrogen and oxygen atoms in total. The first-order valence-electron chi connectivity index (χ1n) is 9.25. The van der Waals surface area contributed by atoms with E-state index in [0.717, 1.165) is 0 Å². The number of imide groups is 1. The molecule has 0 radical (unpaired) electrons. The maximum atomic E-state index is 12.3. The van der Waals surface area contributed by atoms with Gasteiger partial charge in [-0.2, -0.15) is 0 Å². The Morgan fingerprint density at radius 1 is 1.22 bits per heavy atom. The number of benzene rings is 1. The topological polar surface area (TPSA) is 178 Å². The zero-order valence-corrected chi connectivity index (χ0v) is 16.9. The highest BCUT2D eigenvalue weighted by atomic mass is 16.9. The van der Waals surface area contributed by atoms with Crippen molar-refractivity contribution in [3.8, 4) is 0 Å². The molecule has 0 spiro atoms. The van der Waals surface area contributed by atoms with E-state index in [1.54, 1.807) is 13.0 Å². The molecule has 166 valence electrons. The summed E-state index contributed by atoms with van der Waals surface area (Å²) in [7, 11) is 0. The van der Waals surface area contributed by atoms with Gasteiger partial charge in [-0.3, -0.25) is 19.2 Å². The number of hydrogen-bond acceptors (Lipinski definition) is 10. The SMILES string of the molecule is Cc1c(CC(=O)OC(C)OC(=O)ON2C(=O)CCC2=O)c(=O)oc2cc(N=[N+]=[N-])ccc12. The Bertz CT molecular complexity index is 1210. The molecule has 1 unspecified atom stereocenters. The van der Waals surface area contributed by atoms with E-state index in [9.17, 15) is 24.0 Å². The van der Waals surface area contributed by atoms with Gasteiger partial charge in [-0.05, 0) is 24.1 Å². The molecule has 32 heavy (non-hydrogen) atoms. The minimum Gasteiger partial charge on any atom is -0.425 e. The van der Waals surface area contributed by atoms with Crippen molar-refractivity contribution < 1.29 is 37.9 Å². The lowest BCUT2D eigenvalue weighted by Gasteiger charge is -2.16. The number of amides is 2. The molecular formula is C19H16N4O9. The van der Waals surface area contributed by atoms with Crippen LogP contribution in [0.2, 0.25) is 0 Å². The number of nitrogens with zero attached hydrogens (tertiary/aromatic N) is 4. The Kier molecular flexibility index (Phi) is 6.40. The van der Waals surface area contributed by atoms with Crippen LogP contribution in [-0.4, -0.2) is 35.3 Å². The molecular weight excluding hydrogens is 428 g/mol. The highest BCUT2D eigenvalue weighted by Gasteiger charge is 2.34. The van der Waals surface area contributed by atoms with Crippen molar-refractivity contribution in [1.29, 1.82) is 0 Å². The average Bonchev–Trinajstić information content (AvgIpc) is 3.03. The lowest BCUT2D eigenvalue weighted by atomic mass is 10.0. The fourth-order valence-corrected chi connectivity index (χ4v) is 2.99. The van der Waals surface area contributed by atoms with Gasteiger partial charge in [0.1, 0.15) is 5.58 Å². The highest BCUT2D eigenvalue weighted by Crippen LogP contribution is 2.25. The number of aryl methyl sites for hydroxylation is 1. The number of hydroxylamine groups is 2. The molecule has 1 aliphatic heterocycles. The fraction of sp³-hybridized carbons (Fsp3) is 0.316. The minimum atomic E-state index is -1.43. The van der Waals surface area contributed by atoms with E-state index in [1.807, 2.05) is 0 Å². The molecule has 0 saturated carbocycles. The van der Waals surface area contributed by atoms with Crippen LogP contribution in [0.4, 0.5) is 10.5 Å². The molecule has 1 aromatic heterocycles. The van der Waals surface area contributed by atoms with Crippen LogP contribution < -0.4 is 5.63 Å². The van der Waals surface area contributed by atoms with Crippen molar-refractivity contribution in [3.05, 3.63) is 50.2 Å². The van der Waals surface area contributed by atoms with Gasteiger partial charge in [0.25, 0.3) is 11.8 Å². The monoisotopic (exact) mass is 444 g/mol. The summed E-state index contributed by atoms with van der Waals surface area (Å²) in [6.45, 7) is 2.82. The van der Waals surface area contributed by atoms with Crippen LogP contribution in [0.25, 0.3) is 21.4 Å². The predicted molar refractivity (Wildman–Crippen MR) is 104 cm³/mol. The van der Waals surface area contributed by atoms with Crippen molar-refractivity contribution in [2.45, 2.75) is 39.4 Å². The molecule has 1 atom stereocenters. The Balaban J connectivity index is 1.65. The van der Waals surface area contributed by atoms with Gasteiger partial charge in [0.15, 0.2) is 0 Å². The molecule has 2 amide bonds. The summed E-state index contributed by atoms with van der Waals surface area (Å²) < 4.78 is 14.8. The number of esters is 1. The van der Waals surface area contributed by atoms with E-state index in [0.29, 0.717) is 10.9 Å². The van der Waals surface area contributed by atoms with Crippen molar-refractivity contribution in [2.75, 3.05) is 0 Å². The van der Waals surface area contributed by atoms with Crippen LogP contribution in [-0.2, 0) is 35.1 Å².